The summed E-state index contributed by atoms with van der Waals surface area (Å²) in [4.78, 5) is 0.0943. The van der Waals surface area contributed by atoms with Gasteiger partial charge in [0.05, 0.1) is 4.90 Å². The molecule has 78 valence electrons. The highest BCUT2D eigenvalue weighted by Crippen LogP contribution is 2.22. The van der Waals surface area contributed by atoms with Gasteiger partial charge in [-0.25, -0.2) is 8.42 Å². The third-order valence-electron chi connectivity index (χ3n) is 1.78. The molecule has 0 saturated heterocycles. The van der Waals surface area contributed by atoms with Crippen LogP contribution in [0.1, 0.15) is 5.56 Å². The molecule has 0 fully saturated rings. The number of hydrogen-bond acceptors (Lipinski definition) is 3. The first-order valence-corrected chi connectivity index (χ1v) is 6.03. The predicted octanol–water partition coefficient (Wildman–Crippen LogP) is 1.77. The minimum atomic E-state index is -3.77. The lowest BCUT2D eigenvalue weighted by Crippen LogP contribution is -2.23. The minimum Gasteiger partial charge on any atom is -0.299 e. The molecule has 0 saturated carbocycles. The van der Waals surface area contributed by atoms with Gasteiger partial charge in [-0.3, -0.25) is 5.21 Å². The summed E-state index contributed by atoms with van der Waals surface area (Å²) in [6.45, 7) is 1.67. The van der Waals surface area contributed by atoms with Crippen molar-refractivity contribution in [2.24, 2.45) is 0 Å². The van der Waals surface area contributed by atoms with Crippen LogP contribution in [0.5, 0.6) is 0 Å². The molecule has 0 amide bonds. The molecular weight excluding hydrogens is 270 g/mol. The first-order chi connectivity index (χ1) is 6.35. The summed E-state index contributed by atoms with van der Waals surface area (Å²) in [6.07, 6.45) is 0. The average molecular weight is 280 g/mol. The Morgan fingerprint density at radius 1 is 1.43 bits per heavy atom. The molecule has 1 N–H and O–H groups in total. The van der Waals surface area contributed by atoms with Crippen LogP contribution in [-0.4, -0.2) is 25.1 Å². The second-order valence-corrected chi connectivity index (χ2v) is 5.68. The van der Waals surface area contributed by atoms with Gasteiger partial charge in [0.2, 0.25) is 0 Å². The number of hydrogen-bond donors (Lipinski definition) is 1. The first kappa shape index (κ1) is 11.6. The van der Waals surface area contributed by atoms with Crippen LogP contribution in [0, 0.1) is 6.92 Å². The van der Waals surface area contributed by atoms with E-state index in [1.54, 1.807) is 19.1 Å². The number of hydroxylamine groups is 1. The predicted molar refractivity (Wildman–Crippen MR) is 55.6 cm³/mol. The molecule has 0 aromatic heterocycles. The molecule has 4 nitrogen and oxygen atoms in total. The maximum Gasteiger partial charge on any atom is 0.264 e. The molecule has 0 radical (unpaired) electrons. The Morgan fingerprint density at radius 2 is 2.00 bits per heavy atom. The topological polar surface area (TPSA) is 57.6 Å². The van der Waals surface area contributed by atoms with Crippen LogP contribution in [0.4, 0.5) is 0 Å². The van der Waals surface area contributed by atoms with Crippen LogP contribution in [0.25, 0.3) is 0 Å². The molecule has 14 heavy (non-hydrogen) atoms. The summed E-state index contributed by atoms with van der Waals surface area (Å²) < 4.78 is 24.0. The Labute approximate surface area is 91.3 Å². The van der Waals surface area contributed by atoms with Crippen LogP contribution >= 0.6 is 15.9 Å². The zero-order valence-corrected chi connectivity index (χ0v) is 10.1. The van der Waals surface area contributed by atoms with Gasteiger partial charge in [-0.2, -0.15) is 0 Å². The van der Waals surface area contributed by atoms with Gasteiger partial charge in [-0.05, 0) is 24.6 Å². The van der Waals surface area contributed by atoms with Crippen molar-refractivity contribution in [1.82, 2.24) is 4.47 Å². The fraction of sp³-hybridized carbons (Fsp3) is 0.250. The molecule has 0 bridgehead atoms. The van der Waals surface area contributed by atoms with E-state index < -0.39 is 10.0 Å². The molecule has 1 aromatic rings. The van der Waals surface area contributed by atoms with Gasteiger partial charge in [0.1, 0.15) is 0 Å². The Bertz CT molecular complexity index is 442. The standard InChI is InChI=1S/C8H10BrNO3S/c1-6-3-4-7(9)5-8(6)14(12,13)10(2)11/h3-5,11H,1-2H3. The third kappa shape index (κ3) is 2.14. The zero-order valence-electron chi connectivity index (χ0n) is 7.73. The van der Waals surface area contributed by atoms with Gasteiger partial charge in [-0.15, -0.1) is 0 Å². The number of benzene rings is 1. The quantitative estimate of drug-likeness (QED) is 0.840. The fourth-order valence-electron chi connectivity index (χ4n) is 0.994. The van der Waals surface area contributed by atoms with Crippen molar-refractivity contribution in [3.8, 4) is 0 Å². The van der Waals surface area contributed by atoms with Gasteiger partial charge in [0, 0.05) is 11.5 Å². The Kier molecular flexibility index (Phi) is 3.31. The fourth-order valence-corrected chi connectivity index (χ4v) is 2.54. The summed E-state index contributed by atoms with van der Waals surface area (Å²) in [5.74, 6) is 0. The van der Waals surface area contributed by atoms with Gasteiger partial charge in [0.25, 0.3) is 10.0 Å². The van der Waals surface area contributed by atoms with Crippen molar-refractivity contribution < 1.29 is 13.6 Å². The molecule has 0 aliphatic rings. The smallest absolute Gasteiger partial charge is 0.264 e. The monoisotopic (exact) mass is 279 g/mol. The lowest BCUT2D eigenvalue weighted by atomic mass is 10.2. The second-order valence-electron chi connectivity index (χ2n) is 2.85. The Morgan fingerprint density at radius 3 is 2.50 bits per heavy atom. The van der Waals surface area contributed by atoms with E-state index in [1.807, 2.05) is 0 Å². The van der Waals surface area contributed by atoms with E-state index in [0.29, 0.717) is 10.0 Å². The van der Waals surface area contributed by atoms with Gasteiger partial charge in [-0.1, -0.05) is 26.5 Å². The Hall–Kier alpha value is -0.430. The van der Waals surface area contributed by atoms with E-state index in [-0.39, 0.29) is 9.36 Å². The molecule has 0 atom stereocenters. The van der Waals surface area contributed by atoms with E-state index in [0.717, 1.165) is 7.05 Å². The number of aryl methyl sites for hydroxylation is 1. The molecular formula is C8H10BrNO3S. The Balaban J connectivity index is 3.40. The van der Waals surface area contributed by atoms with E-state index in [2.05, 4.69) is 15.9 Å². The van der Waals surface area contributed by atoms with Crippen molar-refractivity contribution in [2.75, 3.05) is 7.05 Å². The molecule has 1 rings (SSSR count). The summed E-state index contributed by atoms with van der Waals surface area (Å²) in [5, 5.41) is 8.98. The largest absolute Gasteiger partial charge is 0.299 e. The lowest BCUT2D eigenvalue weighted by molar-refractivity contribution is 0.0309. The molecule has 0 spiro atoms. The summed E-state index contributed by atoms with van der Waals surface area (Å²) in [7, 11) is -2.69. The van der Waals surface area contributed by atoms with Gasteiger partial charge >= 0.3 is 0 Å². The molecule has 1 aromatic carbocycles. The van der Waals surface area contributed by atoms with Crippen LogP contribution < -0.4 is 0 Å². The summed E-state index contributed by atoms with van der Waals surface area (Å²) >= 11 is 3.17. The normalized spacial score (nSPS) is 12.1. The third-order valence-corrected chi connectivity index (χ3v) is 3.96. The highest BCUT2D eigenvalue weighted by molar-refractivity contribution is 9.10. The van der Waals surface area contributed by atoms with E-state index in [1.165, 1.54) is 6.07 Å². The van der Waals surface area contributed by atoms with Crippen molar-refractivity contribution >= 4 is 26.0 Å². The molecule has 6 heteroatoms. The number of rotatable bonds is 2. The molecule has 0 heterocycles. The van der Waals surface area contributed by atoms with Gasteiger partial charge in [0.15, 0.2) is 0 Å². The lowest BCUT2D eigenvalue weighted by Gasteiger charge is -2.11. The summed E-state index contributed by atoms with van der Waals surface area (Å²) in [6, 6.07) is 4.86. The van der Waals surface area contributed by atoms with Crippen molar-refractivity contribution in [3.05, 3.63) is 28.2 Å². The average Bonchev–Trinajstić information content (AvgIpc) is 2.08. The zero-order chi connectivity index (χ0) is 10.9. The first-order valence-electron chi connectivity index (χ1n) is 3.79. The van der Waals surface area contributed by atoms with Crippen LogP contribution in [0.3, 0.4) is 0 Å². The van der Waals surface area contributed by atoms with Crippen LogP contribution in [-0.2, 0) is 10.0 Å². The van der Waals surface area contributed by atoms with Crippen molar-refractivity contribution in [3.63, 3.8) is 0 Å². The van der Waals surface area contributed by atoms with E-state index in [4.69, 9.17) is 5.21 Å². The maximum absolute atomic E-state index is 11.6. The molecule has 0 unspecified atom stereocenters. The van der Waals surface area contributed by atoms with Crippen molar-refractivity contribution in [2.45, 2.75) is 11.8 Å². The SMILES string of the molecule is Cc1ccc(Br)cc1S(=O)(=O)N(C)O. The number of halogens is 1. The highest BCUT2D eigenvalue weighted by atomic mass is 79.9. The van der Waals surface area contributed by atoms with Crippen LogP contribution in [0.15, 0.2) is 27.6 Å². The van der Waals surface area contributed by atoms with Crippen molar-refractivity contribution in [1.29, 1.82) is 0 Å². The second kappa shape index (κ2) is 3.98. The van der Waals surface area contributed by atoms with Gasteiger partial charge < -0.3 is 0 Å². The van der Waals surface area contributed by atoms with E-state index >= 15 is 0 Å². The number of nitrogens with zero attached hydrogens (tertiary/aromatic N) is 1. The maximum atomic E-state index is 11.6. The molecule has 0 aliphatic carbocycles. The minimum absolute atomic E-state index is 0.0943. The number of sulfonamides is 1. The highest BCUT2D eigenvalue weighted by Gasteiger charge is 2.21. The van der Waals surface area contributed by atoms with E-state index in [9.17, 15) is 8.42 Å². The molecule has 0 aliphatic heterocycles. The van der Waals surface area contributed by atoms with Crippen LogP contribution in [0.2, 0.25) is 0 Å². The summed E-state index contributed by atoms with van der Waals surface area (Å²) in [5.41, 5.74) is 0.592.